The minimum absolute atomic E-state index is 0.00732. The number of aliphatic hydroxyl groups excluding tert-OH is 1. The lowest BCUT2D eigenvalue weighted by Gasteiger charge is -2.39. The molecule has 3 rings (SSSR count). The number of benzene rings is 1. The van der Waals surface area contributed by atoms with Crippen molar-refractivity contribution in [1.82, 2.24) is 30.7 Å². The number of carbonyl (C=O) groups is 5. The van der Waals surface area contributed by atoms with E-state index in [9.17, 15) is 29.1 Å². The van der Waals surface area contributed by atoms with E-state index in [0.29, 0.717) is 31.5 Å². The van der Waals surface area contributed by atoms with E-state index < -0.39 is 54.6 Å². The van der Waals surface area contributed by atoms with Gasteiger partial charge in [0.15, 0.2) is 0 Å². The lowest BCUT2D eigenvalue weighted by atomic mass is 9.90. The van der Waals surface area contributed by atoms with Crippen molar-refractivity contribution in [3.05, 3.63) is 35.9 Å². The summed E-state index contributed by atoms with van der Waals surface area (Å²) in [6.07, 6.45) is 0.618. The predicted octanol–water partition coefficient (Wildman–Crippen LogP) is 4.13. The third kappa shape index (κ3) is 14.7. The third-order valence-electron chi connectivity index (χ3n) is 11.6. The molecule has 2 fully saturated rings. The quantitative estimate of drug-likeness (QED) is 0.149. The van der Waals surface area contributed by atoms with Gasteiger partial charge in [-0.05, 0) is 50.6 Å². The summed E-state index contributed by atoms with van der Waals surface area (Å²) in [6.45, 7) is 16.6. The van der Waals surface area contributed by atoms with Gasteiger partial charge < -0.3 is 50.0 Å². The Balaban J connectivity index is 0.00000387. The van der Waals surface area contributed by atoms with Crippen molar-refractivity contribution in [2.45, 2.75) is 142 Å². The van der Waals surface area contributed by atoms with Gasteiger partial charge in [0.05, 0.1) is 61.4 Å². The van der Waals surface area contributed by atoms with Crippen LogP contribution in [0.15, 0.2) is 30.3 Å². The second kappa shape index (κ2) is 25.7. The maximum Gasteiger partial charge on any atom is 0.410 e. The van der Waals surface area contributed by atoms with Gasteiger partial charge in [0.25, 0.3) is 0 Å². The first-order valence-electron chi connectivity index (χ1n) is 21.6. The van der Waals surface area contributed by atoms with Crippen molar-refractivity contribution in [3.8, 4) is 0 Å². The highest BCUT2D eigenvalue weighted by Crippen LogP contribution is 2.30. The standard InChI is InChI=1S/C41H68N6O9.C3H8/c1-11-26(4)36(45(8)34(50)23-43-40(52)35(42-7)25(2)3)32(54-9)22-33(49)47-20-15-18-31(47)37(55-10)27(5)39(51)44-28(6)38(29-16-13-12-14-17-29)56-41(53)46-21-19-30(48)24-46;1-3-2/h12-14,16-17,25-28,30-32,35-38,42,48H,11,15,18-24H2,1-10H3,(H,43,52)(H,44,51);3H2,1-2H3. The highest BCUT2D eigenvalue weighted by molar-refractivity contribution is 5.87. The van der Waals surface area contributed by atoms with Crippen LogP contribution in [-0.2, 0) is 33.4 Å². The van der Waals surface area contributed by atoms with Gasteiger partial charge in [-0.15, -0.1) is 0 Å². The molecule has 4 N–H and O–H groups in total. The van der Waals surface area contributed by atoms with Crippen LogP contribution in [0.2, 0.25) is 0 Å². The van der Waals surface area contributed by atoms with E-state index in [1.54, 1.807) is 37.7 Å². The number of nitrogens with zero attached hydrogens (tertiary/aromatic N) is 3. The van der Waals surface area contributed by atoms with Crippen LogP contribution in [0.5, 0.6) is 0 Å². The summed E-state index contributed by atoms with van der Waals surface area (Å²) in [6, 6.07) is 7.31. The molecule has 15 heteroatoms. The molecular weight excluding hydrogens is 757 g/mol. The SMILES string of the molecule is CCC.CCC(C)C(C(CC(=O)N1CCCC1C(OC)C(C)C(=O)NC(C)C(OC(=O)N1CCC(O)C1)c1ccccc1)OC)N(C)C(=O)CNC(=O)C(NC)C(C)C. The van der Waals surface area contributed by atoms with Crippen LogP contribution in [0.25, 0.3) is 0 Å². The van der Waals surface area contributed by atoms with Crippen molar-refractivity contribution in [2.24, 2.45) is 17.8 Å². The van der Waals surface area contributed by atoms with Gasteiger partial charge in [-0.3, -0.25) is 19.2 Å². The van der Waals surface area contributed by atoms with Crippen LogP contribution in [0, 0.1) is 17.8 Å². The zero-order chi connectivity index (χ0) is 44.4. The first-order chi connectivity index (χ1) is 28.0. The molecular formula is C44H76N6O9. The van der Waals surface area contributed by atoms with E-state index >= 15 is 0 Å². The Morgan fingerprint density at radius 1 is 0.932 bits per heavy atom. The van der Waals surface area contributed by atoms with E-state index in [0.717, 1.165) is 12.8 Å². The Labute approximate surface area is 353 Å². The molecule has 10 atom stereocenters. The fourth-order valence-electron chi connectivity index (χ4n) is 8.11. The second-order valence-electron chi connectivity index (χ2n) is 16.5. The topological polar surface area (TPSA) is 179 Å². The monoisotopic (exact) mass is 833 g/mol. The Hall–Kier alpha value is -3.79. The minimum atomic E-state index is -0.792. The fraction of sp³-hybridized carbons (Fsp3) is 0.750. The minimum Gasteiger partial charge on any atom is -0.439 e. The Kier molecular flexibility index (Phi) is 22.4. The summed E-state index contributed by atoms with van der Waals surface area (Å²) in [4.78, 5) is 72.1. The van der Waals surface area contributed by atoms with E-state index in [1.165, 1.54) is 25.5 Å². The third-order valence-corrected chi connectivity index (χ3v) is 11.6. The lowest BCUT2D eigenvalue weighted by Crippen LogP contribution is -2.55. The molecule has 0 aromatic heterocycles. The number of amides is 5. The summed E-state index contributed by atoms with van der Waals surface area (Å²) < 4.78 is 17.8. The van der Waals surface area contributed by atoms with Crippen molar-refractivity contribution in [1.29, 1.82) is 0 Å². The molecule has 1 aromatic rings. The number of ether oxygens (including phenoxy) is 3. The van der Waals surface area contributed by atoms with Gasteiger partial charge in [0.2, 0.25) is 23.6 Å². The van der Waals surface area contributed by atoms with Crippen molar-refractivity contribution >= 4 is 29.7 Å². The van der Waals surface area contributed by atoms with Crippen LogP contribution in [0.4, 0.5) is 4.79 Å². The number of likely N-dealkylation sites (tertiary alicyclic amines) is 2. The number of β-amino-alcohol motifs (C(OH)–C–C–N with tert-alkyl or cyclic N) is 1. The normalized spacial score (nSPS) is 20.6. The van der Waals surface area contributed by atoms with Gasteiger partial charge >= 0.3 is 6.09 Å². The fourth-order valence-corrected chi connectivity index (χ4v) is 8.11. The molecule has 0 aliphatic carbocycles. The molecule has 2 heterocycles. The van der Waals surface area contributed by atoms with Gasteiger partial charge in [-0.25, -0.2) is 4.79 Å². The smallest absolute Gasteiger partial charge is 0.410 e. The van der Waals surface area contributed by atoms with Crippen molar-refractivity contribution in [3.63, 3.8) is 0 Å². The summed E-state index contributed by atoms with van der Waals surface area (Å²) in [7, 11) is 6.46. The van der Waals surface area contributed by atoms with Gasteiger partial charge in [0, 0.05) is 40.9 Å². The Morgan fingerprint density at radius 2 is 1.58 bits per heavy atom. The van der Waals surface area contributed by atoms with E-state index in [2.05, 4.69) is 29.8 Å². The van der Waals surface area contributed by atoms with Crippen LogP contribution in [0.1, 0.15) is 106 Å². The number of carbonyl (C=O) groups excluding carboxylic acids is 5. The summed E-state index contributed by atoms with van der Waals surface area (Å²) >= 11 is 0. The van der Waals surface area contributed by atoms with Crippen molar-refractivity contribution in [2.75, 3.05) is 54.5 Å². The van der Waals surface area contributed by atoms with E-state index in [1.807, 2.05) is 58.0 Å². The zero-order valence-corrected chi connectivity index (χ0v) is 37.9. The van der Waals surface area contributed by atoms with Crippen LogP contribution in [0.3, 0.4) is 0 Å². The molecule has 2 saturated heterocycles. The number of rotatable bonds is 20. The van der Waals surface area contributed by atoms with Gasteiger partial charge in [-0.2, -0.15) is 0 Å². The second-order valence-corrected chi connectivity index (χ2v) is 16.5. The van der Waals surface area contributed by atoms with E-state index in [-0.39, 0.29) is 61.0 Å². The molecule has 15 nitrogen and oxygen atoms in total. The first-order valence-corrected chi connectivity index (χ1v) is 21.6. The largest absolute Gasteiger partial charge is 0.439 e. The van der Waals surface area contributed by atoms with Crippen LogP contribution in [-0.4, -0.2) is 147 Å². The maximum atomic E-state index is 14.1. The van der Waals surface area contributed by atoms with Crippen LogP contribution < -0.4 is 16.0 Å². The number of nitrogens with one attached hydrogen (secondary N) is 3. The molecule has 59 heavy (non-hydrogen) atoms. The summed E-state index contributed by atoms with van der Waals surface area (Å²) in [5.74, 6) is -1.68. The molecule has 0 radical (unpaired) electrons. The molecule has 5 amide bonds. The Morgan fingerprint density at radius 3 is 2.10 bits per heavy atom. The number of hydrogen-bond donors (Lipinski definition) is 4. The average Bonchev–Trinajstić information content (AvgIpc) is 3.89. The molecule has 2 aliphatic heterocycles. The van der Waals surface area contributed by atoms with Gasteiger partial charge in [-0.1, -0.05) is 91.6 Å². The highest BCUT2D eigenvalue weighted by Gasteiger charge is 2.43. The molecule has 10 unspecified atom stereocenters. The molecule has 0 bridgehead atoms. The lowest BCUT2D eigenvalue weighted by molar-refractivity contribution is -0.146. The molecule has 0 saturated carbocycles. The molecule has 1 aromatic carbocycles. The van der Waals surface area contributed by atoms with Gasteiger partial charge in [0.1, 0.15) is 6.10 Å². The average molecular weight is 833 g/mol. The number of methoxy groups -OCH3 is 2. The highest BCUT2D eigenvalue weighted by atomic mass is 16.6. The van der Waals surface area contributed by atoms with E-state index in [4.69, 9.17) is 14.2 Å². The number of likely N-dealkylation sites (N-methyl/N-ethyl adjacent to an activating group) is 2. The number of hydrogen-bond acceptors (Lipinski definition) is 10. The van der Waals surface area contributed by atoms with Crippen LogP contribution >= 0.6 is 0 Å². The predicted molar refractivity (Wildman–Crippen MR) is 228 cm³/mol. The number of aliphatic hydroxyl groups is 1. The molecule has 2 aliphatic rings. The zero-order valence-electron chi connectivity index (χ0n) is 37.9. The first kappa shape index (κ1) is 51.4. The maximum absolute atomic E-state index is 14.1. The summed E-state index contributed by atoms with van der Waals surface area (Å²) in [5.41, 5.74) is 0.714. The molecule has 0 spiro atoms. The molecule has 336 valence electrons. The Bertz CT molecular complexity index is 1450. The summed E-state index contributed by atoms with van der Waals surface area (Å²) in [5, 5.41) is 18.7. The van der Waals surface area contributed by atoms with Crippen molar-refractivity contribution < 1.29 is 43.3 Å².